The number of rotatable bonds is 4. The van der Waals surface area contributed by atoms with E-state index < -0.39 is 18.0 Å². The molecule has 0 spiro atoms. The van der Waals surface area contributed by atoms with E-state index in [1.807, 2.05) is 67.8 Å². The predicted octanol–water partition coefficient (Wildman–Crippen LogP) is 1.89. The first-order valence-corrected chi connectivity index (χ1v) is 8.57. The number of carboxylic acid groups (broad SMARTS) is 1. The van der Waals surface area contributed by atoms with Gasteiger partial charge in [0.15, 0.2) is 0 Å². The van der Waals surface area contributed by atoms with Gasteiger partial charge in [-0.05, 0) is 74.7 Å². The molecule has 1 rings (SSSR count). The highest BCUT2D eigenvalue weighted by Gasteiger charge is 2.26. The van der Waals surface area contributed by atoms with Crippen LogP contribution in [0.25, 0.3) is 0 Å². The molecule has 0 fully saturated rings. The van der Waals surface area contributed by atoms with Gasteiger partial charge in [-0.25, -0.2) is 4.79 Å². The fourth-order valence-corrected chi connectivity index (χ4v) is 5.52. The van der Waals surface area contributed by atoms with Crippen LogP contribution in [0.3, 0.4) is 0 Å². The summed E-state index contributed by atoms with van der Waals surface area (Å²) in [6, 6.07) is 0. The molecule has 0 aliphatic rings. The van der Waals surface area contributed by atoms with Crippen molar-refractivity contribution in [3.8, 4) is 0 Å². The standard InChI is InChI=1S/C11H11I3N2O4/c1-3(17)2-16-10(18)4-6(12)5(11(19)20)8(14)9(15)7(4)13/h3,17H,2,15H2,1H3,(H,16,18)(H,19,20). The maximum Gasteiger partial charge on any atom is 0.337 e. The topological polar surface area (TPSA) is 113 Å². The lowest BCUT2D eigenvalue weighted by Gasteiger charge is -2.15. The van der Waals surface area contributed by atoms with Crippen LogP contribution in [-0.2, 0) is 0 Å². The average molecular weight is 616 g/mol. The van der Waals surface area contributed by atoms with E-state index in [1.165, 1.54) is 0 Å². The summed E-state index contributed by atoms with van der Waals surface area (Å²) in [5.74, 6) is -1.59. The summed E-state index contributed by atoms with van der Waals surface area (Å²) in [5, 5.41) is 21.0. The van der Waals surface area contributed by atoms with Crippen LogP contribution in [0.4, 0.5) is 5.69 Å². The molecule has 1 atom stereocenters. The van der Waals surface area contributed by atoms with Crippen molar-refractivity contribution in [1.29, 1.82) is 0 Å². The summed E-state index contributed by atoms with van der Waals surface area (Å²) in [4.78, 5) is 23.5. The number of amides is 1. The molecule has 1 unspecified atom stereocenters. The van der Waals surface area contributed by atoms with Crippen LogP contribution in [0, 0.1) is 10.7 Å². The molecule has 0 heterocycles. The van der Waals surface area contributed by atoms with Crippen molar-refractivity contribution in [3.63, 3.8) is 0 Å². The van der Waals surface area contributed by atoms with Gasteiger partial charge in [0, 0.05) is 10.1 Å². The van der Waals surface area contributed by atoms with E-state index in [0.717, 1.165) is 0 Å². The second-order valence-corrected chi connectivity index (χ2v) is 7.21. The molecule has 9 heteroatoms. The average Bonchev–Trinajstić information content (AvgIpc) is 2.33. The van der Waals surface area contributed by atoms with E-state index in [-0.39, 0.29) is 23.4 Å². The third kappa shape index (κ3) is 3.85. The van der Waals surface area contributed by atoms with Crippen molar-refractivity contribution < 1.29 is 19.8 Å². The third-order valence-electron chi connectivity index (χ3n) is 2.35. The number of carboxylic acids is 1. The summed E-state index contributed by atoms with van der Waals surface area (Å²) in [5.41, 5.74) is 6.39. The van der Waals surface area contributed by atoms with E-state index in [1.54, 1.807) is 6.92 Å². The largest absolute Gasteiger partial charge is 0.478 e. The lowest BCUT2D eigenvalue weighted by molar-refractivity contribution is 0.0694. The van der Waals surface area contributed by atoms with Gasteiger partial charge in [0.05, 0.1) is 30.1 Å². The maximum absolute atomic E-state index is 12.1. The highest BCUT2D eigenvalue weighted by Crippen LogP contribution is 2.33. The number of nitrogens with two attached hydrogens (primary N) is 1. The van der Waals surface area contributed by atoms with E-state index in [2.05, 4.69) is 5.32 Å². The zero-order chi connectivity index (χ0) is 15.6. The van der Waals surface area contributed by atoms with Crippen molar-refractivity contribution in [2.24, 2.45) is 0 Å². The third-order valence-corrected chi connectivity index (χ3v) is 5.67. The minimum absolute atomic E-state index is 0.0197. The lowest BCUT2D eigenvalue weighted by atomic mass is 10.1. The molecule has 1 amide bonds. The molecule has 5 N–H and O–H groups in total. The Labute approximate surface area is 156 Å². The molecule has 1 aromatic rings. The van der Waals surface area contributed by atoms with Crippen LogP contribution >= 0.6 is 67.8 Å². The number of aliphatic hydroxyl groups is 1. The van der Waals surface area contributed by atoms with Crippen LogP contribution in [-0.4, -0.2) is 34.7 Å². The van der Waals surface area contributed by atoms with Gasteiger partial charge < -0.3 is 21.3 Å². The van der Waals surface area contributed by atoms with E-state index in [0.29, 0.717) is 10.7 Å². The molecule has 0 bridgehead atoms. The number of benzene rings is 1. The first kappa shape index (κ1) is 18.2. The summed E-state index contributed by atoms with van der Waals surface area (Å²) in [7, 11) is 0. The SMILES string of the molecule is CC(O)CNC(=O)c1c(I)c(N)c(I)c(C(=O)O)c1I. The fraction of sp³-hybridized carbons (Fsp3) is 0.273. The van der Waals surface area contributed by atoms with Crippen LogP contribution in [0.5, 0.6) is 0 Å². The van der Waals surface area contributed by atoms with Crippen molar-refractivity contribution in [3.05, 3.63) is 21.8 Å². The Bertz CT molecular complexity index is 576. The van der Waals surface area contributed by atoms with Crippen LogP contribution < -0.4 is 11.1 Å². The molecular formula is C11H11I3N2O4. The molecule has 0 radical (unpaired) electrons. The molecular weight excluding hydrogens is 605 g/mol. The Balaban J connectivity index is 3.40. The molecule has 1 aromatic carbocycles. The number of anilines is 1. The Morgan fingerprint density at radius 2 is 1.70 bits per heavy atom. The maximum atomic E-state index is 12.1. The first-order chi connectivity index (χ1) is 9.18. The van der Waals surface area contributed by atoms with Gasteiger partial charge in [-0.15, -0.1) is 0 Å². The number of hydrogen-bond acceptors (Lipinski definition) is 4. The van der Waals surface area contributed by atoms with Crippen LogP contribution in [0.1, 0.15) is 27.6 Å². The highest BCUT2D eigenvalue weighted by atomic mass is 127. The molecule has 6 nitrogen and oxygen atoms in total. The number of nitrogen functional groups attached to an aromatic ring is 1. The Hall–Kier alpha value is 0.110. The lowest BCUT2D eigenvalue weighted by Crippen LogP contribution is -2.32. The van der Waals surface area contributed by atoms with Gasteiger partial charge in [0.1, 0.15) is 0 Å². The van der Waals surface area contributed by atoms with Gasteiger partial charge in [0.2, 0.25) is 0 Å². The van der Waals surface area contributed by atoms with Crippen LogP contribution in [0.2, 0.25) is 0 Å². The predicted molar refractivity (Wildman–Crippen MR) is 100.0 cm³/mol. The Morgan fingerprint density at radius 3 is 2.15 bits per heavy atom. The Morgan fingerprint density at radius 1 is 1.20 bits per heavy atom. The van der Waals surface area contributed by atoms with Crippen molar-refractivity contribution in [2.45, 2.75) is 13.0 Å². The van der Waals surface area contributed by atoms with Crippen molar-refractivity contribution >= 4 is 85.3 Å². The molecule has 110 valence electrons. The Kier molecular flexibility index (Phi) is 6.72. The number of halogens is 3. The molecule has 0 aliphatic heterocycles. The minimum Gasteiger partial charge on any atom is -0.478 e. The number of nitrogens with one attached hydrogen (secondary N) is 1. The van der Waals surface area contributed by atoms with Gasteiger partial charge in [-0.3, -0.25) is 4.79 Å². The minimum atomic E-state index is -1.13. The summed E-state index contributed by atoms with van der Waals surface area (Å²) < 4.78 is 1.25. The van der Waals surface area contributed by atoms with E-state index in [9.17, 15) is 19.8 Å². The quantitative estimate of drug-likeness (QED) is 0.305. The number of carbonyl (C=O) groups excluding carboxylic acids is 1. The molecule has 0 saturated carbocycles. The number of aliphatic hydroxyl groups excluding tert-OH is 1. The molecule has 0 aliphatic carbocycles. The first-order valence-electron chi connectivity index (χ1n) is 5.33. The molecule has 20 heavy (non-hydrogen) atoms. The number of carbonyl (C=O) groups is 2. The van der Waals surface area contributed by atoms with Gasteiger partial charge in [-0.1, -0.05) is 0 Å². The van der Waals surface area contributed by atoms with Crippen molar-refractivity contribution in [1.82, 2.24) is 5.32 Å². The smallest absolute Gasteiger partial charge is 0.337 e. The number of hydrogen-bond donors (Lipinski definition) is 4. The monoisotopic (exact) mass is 616 g/mol. The summed E-state index contributed by atoms with van der Waals surface area (Å²) in [6.45, 7) is 1.63. The van der Waals surface area contributed by atoms with E-state index in [4.69, 9.17) is 5.73 Å². The molecule has 0 aromatic heterocycles. The normalized spacial score (nSPS) is 12.1. The fourth-order valence-electron chi connectivity index (χ4n) is 1.40. The zero-order valence-corrected chi connectivity index (χ0v) is 16.7. The second-order valence-electron chi connectivity index (χ2n) is 3.97. The summed E-state index contributed by atoms with van der Waals surface area (Å²) in [6.07, 6.45) is -0.686. The van der Waals surface area contributed by atoms with E-state index >= 15 is 0 Å². The van der Waals surface area contributed by atoms with Gasteiger partial charge in [0.25, 0.3) is 5.91 Å². The highest BCUT2D eigenvalue weighted by molar-refractivity contribution is 14.1. The summed E-state index contributed by atoms with van der Waals surface area (Å²) >= 11 is 5.60. The zero-order valence-electron chi connectivity index (χ0n) is 10.2. The second kappa shape index (κ2) is 7.40. The van der Waals surface area contributed by atoms with Gasteiger partial charge >= 0.3 is 5.97 Å². The van der Waals surface area contributed by atoms with Gasteiger partial charge in [-0.2, -0.15) is 0 Å². The molecule has 0 saturated heterocycles. The number of aromatic carboxylic acids is 1. The van der Waals surface area contributed by atoms with Crippen molar-refractivity contribution in [2.75, 3.05) is 12.3 Å². The van der Waals surface area contributed by atoms with Crippen LogP contribution in [0.15, 0.2) is 0 Å².